The fourth-order valence-electron chi connectivity index (χ4n) is 2.32. The molecule has 0 heterocycles. The number of carbonyl (C=O) groups excluding carboxylic acids is 1. The van der Waals surface area contributed by atoms with Crippen LogP contribution in [-0.4, -0.2) is 30.5 Å². The Labute approximate surface area is 160 Å². The number of hydrogen-bond donors (Lipinski definition) is 0. The molecule has 3 nitrogen and oxygen atoms in total. The fourth-order valence-corrected chi connectivity index (χ4v) is 2.44. The summed E-state index contributed by atoms with van der Waals surface area (Å²) in [6, 6.07) is 10.7. The molecule has 0 spiro atoms. The van der Waals surface area contributed by atoms with Crippen molar-refractivity contribution in [3.8, 4) is 16.9 Å². The Balaban J connectivity index is 2.44. The van der Waals surface area contributed by atoms with Crippen molar-refractivity contribution in [3.63, 3.8) is 0 Å². The maximum atomic E-state index is 13.4. The van der Waals surface area contributed by atoms with Gasteiger partial charge >= 0.3 is 23.9 Å². The molecule has 0 aliphatic carbocycles. The van der Waals surface area contributed by atoms with E-state index in [1.165, 1.54) is 12.1 Å². The summed E-state index contributed by atoms with van der Waals surface area (Å²) >= 11 is 5.76. The van der Waals surface area contributed by atoms with Gasteiger partial charge in [-0.1, -0.05) is 35.9 Å². The van der Waals surface area contributed by atoms with Gasteiger partial charge in [0, 0.05) is 5.02 Å². The first-order chi connectivity index (χ1) is 12.9. The van der Waals surface area contributed by atoms with Gasteiger partial charge in [0.15, 0.2) is 0 Å². The van der Waals surface area contributed by atoms with E-state index in [4.69, 9.17) is 11.6 Å². The zero-order valence-electron chi connectivity index (χ0n) is 14.2. The molecule has 0 aliphatic heterocycles. The van der Waals surface area contributed by atoms with E-state index < -0.39 is 36.3 Å². The Morgan fingerprint density at radius 3 is 1.68 bits per heavy atom. The summed E-state index contributed by atoms with van der Waals surface area (Å²) in [5.41, 5.74) is -4.03. The minimum atomic E-state index is -6.10. The third-order valence-electron chi connectivity index (χ3n) is 3.66. The Hall–Kier alpha value is -2.42. The molecule has 0 unspecified atom stereocenters. The van der Waals surface area contributed by atoms with Crippen molar-refractivity contribution in [3.05, 3.63) is 53.6 Å². The van der Waals surface area contributed by atoms with Crippen LogP contribution in [-0.2, 0) is 9.53 Å². The molecule has 2 aromatic rings. The van der Waals surface area contributed by atoms with Gasteiger partial charge in [0.05, 0.1) is 6.61 Å². The molecule has 0 fully saturated rings. The summed E-state index contributed by atoms with van der Waals surface area (Å²) in [7, 11) is 0. The van der Waals surface area contributed by atoms with E-state index in [9.17, 15) is 31.1 Å². The Kier molecular flexibility index (Phi) is 6.18. The molecule has 2 aromatic carbocycles. The second kappa shape index (κ2) is 7.90. The highest BCUT2D eigenvalue weighted by Crippen LogP contribution is 2.47. The van der Waals surface area contributed by atoms with Crippen LogP contribution >= 0.6 is 11.6 Å². The molecule has 0 radical (unpaired) electrons. The van der Waals surface area contributed by atoms with Gasteiger partial charge in [-0.25, -0.2) is 4.79 Å². The Morgan fingerprint density at radius 2 is 1.29 bits per heavy atom. The maximum Gasteiger partial charge on any atom is 0.449 e. The Morgan fingerprint density at radius 1 is 0.857 bits per heavy atom. The minimum absolute atomic E-state index is 0.457. The van der Waals surface area contributed by atoms with Gasteiger partial charge in [-0.2, -0.15) is 26.3 Å². The molecule has 0 aliphatic rings. The molecule has 0 atom stereocenters. The van der Waals surface area contributed by atoms with Crippen LogP contribution in [0.25, 0.3) is 11.1 Å². The molecule has 28 heavy (non-hydrogen) atoms. The zero-order valence-corrected chi connectivity index (χ0v) is 15.0. The number of alkyl halides is 6. The normalized spacial score (nSPS) is 12.6. The summed E-state index contributed by atoms with van der Waals surface area (Å²) in [5.74, 6) is -3.39. The molecule has 10 heteroatoms. The first-order valence-corrected chi connectivity index (χ1v) is 8.16. The number of ether oxygens (including phenoxy) is 2. The first-order valence-electron chi connectivity index (χ1n) is 7.78. The minimum Gasteiger partial charge on any atom is -0.462 e. The van der Waals surface area contributed by atoms with Crippen molar-refractivity contribution in [1.82, 2.24) is 0 Å². The molecule has 152 valence electrons. The van der Waals surface area contributed by atoms with Gasteiger partial charge in [0.1, 0.15) is 5.75 Å². The average Bonchev–Trinajstić information content (AvgIpc) is 2.59. The van der Waals surface area contributed by atoms with Crippen molar-refractivity contribution < 1.29 is 40.6 Å². The summed E-state index contributed by atoms with van der Waals surface area (Å²) in [4.78, 5) is 11.7. The SMILES string of the molecule is CCOC(=O)C(Oc1ccc(-c2ccc(Cl)cc2)cc1)(C(F)(F)F)C(F)(F)F. The van der Waals surface area contributed by atoms with Crippen molar-refractivity contribution in [1.29, 1.82) is 0 Å². The smallest absolute Gasteiger partial charge is 0.449 e. The summed E-state index contributed by atoms with van der Waals surface area (Å²) in [6.07, 6.45) is -12.2. The summed E-state index contributed by atoms with van der Waals surface area (Å²) < 4.78 is 88.4. The van der Waals surface area contributed by atoms with E-state index in [0.29, 0.717) is 16.1 Å². The number of hydrogen-bond acceptors (Lipinski definition) is 3. The third kappa shape index (κ3) is 4.19. The molecule has 0 bridgehead atoms. The highest BCUT2D eigenvalue weighted by molar-refractivity contribution is 6.30. The van der Waals surface area contributed by atoms with E-state index in [1.54, 1.807) is 24.3 Å². The number of rotatable bonds is 5. The quantitative estimate of drug-likeness (QED) is 0.447. The van der Waals surface area contributed by atoms with Gasteiger partial charge in [-0.15, -0.1) is 0 Å². The van der Waals surface area contributed by atoms with Gasteiger partial charge in [-0.3, -0.25) is 0 Å². The largest absolute Gasteiger partial charge is 0.462 e. The maximum absolute atomic E-state index is 13.4. The number of benzene rings is 2. The van der Waals surface area contributed by atoms with E-state index in [0.717, 1.165) is 19.1 Å². The van der Waals surface area contributed by atoms with Crippen molar-refractivity contribution in [2.45, 2.75) is 24.9 Å². The van der Waals surface area contributed by atoms with Crippen molar-refractivity contribution >= 4 is 17.6 Å². The Bertz CT molecular complexity index is 799. The van der Waals surface area contributed by atoms with Crippen LogP contribution in [0.4, 0.5) is 26.3 Å². The van der Waals surface area contributed by atoms with Gasteiger partial charge in [-0.05, 0) is 42.3 Å². The van der Waals surface area contributed by atoms with Gasteiger partial charge in [0.2, 0.25) is 0 Å². The van der Waals surface area contributed by atoms with E-state index in [1.807, 2.05) is 0 Å². The van der Waals surface area contributed by atoms with Crippen molar-refractivity contribution in [2.75, 3.05) is 6.61 Å². The highest BCUT2D eigenvalue weighted by Gasteiger charge is 2.80. The number of esters is 1. The average molecular weight is 427 g/mol. The zero-order chi connectivity index (χ0) is 21.2. The molecular formula is C18H13ClF6O3. The summed E-state index contributed by atoms with van der Waals surface area (Å²) in [6.45, 7) is 0.391. The fraction of sp³-hybridized carbons (Fsp3) is 0.278. The number of halogens is 7. The lowest BCUT2D eigenvalue weighted by Crippen LogP contribution is -2.66. The second-order valence-electron chi connectivity index (χ2n) is 5.53. The third-order valence-corrected chi connectivity index (χ3v) is 3.92. The van der Waals surface area contributed by atoms with Gasteiger partial charge < -0.3 is 9.47 Å². The van der Waals surface area contributed by atoms with Crippen molar-refractivity contribution in [2.24, 2.45) is 0 Å². The van der Waals surface area contributed by atoms with Crippen LogP contribution in [0.2, 0.25) is 5.02 Å². The molecule has 0 saturated carbocycles. The second-order valence-corrected chi connectivity index (χ2v) is 5.97. The molecular weight excluding hydrogens is 414 g/mol. The molecule has 0 aromatic heterocycles. The molecule has 0 N–H and O–H groups in total. The van der Waals surface area contributed by atoms with E-state index in [-0.39, 0.29) is 0 Å². The van der Waals surface area contributed by atoms with Crippen LogP contribution in [0.5, 0.6) is 5.75 Å². The highest BCUT2D eigenvalue weighted by atomic mass is 35.5. The monoisotopic (exact) mass is 426 g/mol. The lowest BCUT2D eigenvalue weighted by atomic mass is 10.0. The topological polar surface area (TPSA) is 35.5 Å². The van der Waals surface area contributed by atoms with Crippen LogP contribution in [0.1, 0.15) is 6.92 Å². The summed E-state index contributed by atoms with van der Waals surface area (Å²) in [5, 5.41) is 0.457. The first kappa shape index (κ1) is 21.9. The van der Waals surface area contributed by atoms with E-state index in [2.05, 4.69) is 9.47 Å². The van der Waals surface area contributed by atoms with Crippen LogP contribution < -0.4 is 4.74 Å². The van der Waals surface area contributed by atoms with E-state index >= 15 is 0 Å². The van der Waals surface area contributed by atoms with Crippen LogP contribution in [0, 0.1) is 0 Å². The lowest BCUT2D eigenvalue weighted by Gasteiger charge is -2.34. The lowest BCUT2D eigenvalue weighted by molar-refractivity contribution is -0.347. The van der Waals surface area contributed by atoms with Gasteiger partial charge in [0.25, 0.3) is 0 Å². The predicted molar refractivity (Wildman–Crippen MR) is 89.0 cm³/mol. The molecule has 2 rings (SSSR count). The van der Waals surface area contributed by atoms with Crippen LogP contribution in [0.15, 0.2) is 48.5 Å². The predicted octanol–water partition coefficient (Wildman–Crippen LogP) is 5.81. The molecule has 0 saturated heterocycles. The number of carbonyl (C=O) groups is 1. The standard InChI is InChI=1S/C18H13ClF6O3/c1-2-27-15(26)16(17(20,21)22,18(23,24)25)28-14-9-5-12(6-10-14)11-3-7-13(19)8-4-11/h3-10H,2H2,1H3. The van der Waals surface area contributed by atoms with Crippen LogP contribution in [0.3, 0.4) is 0 Å². The molecule has 0 amide bonds.